The van der Waals surface area contributed by atoms with Crippen LogP contribution in [0.3, 0.4) is 0 Å². The van der Waals surface area contributed by atoms with E-state index in [9.17, 15) is 13.0 Å². The van der Waals surface area contributed by atoms with Crippen molar-refractivity contribution in [1.82, 2.24) is 9.55 Å². The second-order valence-electron chi connectivity index (χ2n) is 3.90. The Kier molecular flexibility index (Phi) is 3.17. The molecule has 0 amide bonds. The van der Waals surface area contributed by atoms with Gasteiger partial charge in [0.2, 0.25) is 0 Å². The molecule has 92 valence electrons. The lowest BCUT2D eigenvalue weighted by Crippen LogP contribution is -2.18. The van der Waals surface area contributed by atoms with Crippen LogP contribution >= 0.6 is 0 Å². The number of benzene rings is 1. The van der Waals surface area contributed by atoms with Crippen LogP contribution in [0.2, 0.25) is 0 Å². The Bertz CT molecular complexity index is 618. The molecule has 1 atom stereocenters. The number of fused-ring (bicyclic) bond motifs is 1. The van der Waals surface area contributed by atoms with Crippen LogP contribution < -0.4 is 0 Å². The zero-order valence-electron chi connectivity index (χ0n) is 9.44. The molecule has 17 heavy (non-hydrogen) atoms. The molecule has 1 aromatic heterocycles. The van der Waals surface area contributed by atoms with E-state index in [0.717, 1.165) is 5.52 Å². The van der Waals surface area contributed by atoms with Gasteiger partial charge in [-0.25, -0.2) is 4.98 Å². The predicted octanol–water partition coefficient (Wildman–Crippen LogP) is 2.22. The monoisotopic (exact) mass is 254 g/mol. The summed E-state index contributed by atoms with van der Waals surface area (Å²) in [7, 11) is -4.12. The number of aromatic nitrogens is 2. The molecular weight excluding hydrogens is 240 g/mol. The summed E-state index contributed by atoms with van der Waals surface area (Å²) in [4.78, 5) is 4.12. The summed E-state index contributed by atoms with van der Waals surface area (Å²) in [6, 6.07) is 7.24. The Morgan fingerprint density at radius 1 is 1.41 bits per heavy atom. The molecule has 0 radical (unpaired) electrons. The van der Waals surface area contributed by atoms with E-state index >= 15 is 0 Å². The van der Waals surface area contributed by atoms with Crippen molar-refractivity contribution in [1.29, 1.82) is 0 Å². The van der Waals surface area contributed by atoms with Gasteiger partial charge in [0.25, 0.3) is 10.1 Å². The zero-order chi connectivity index (χ0) is 12.5. The topological polar surface area (TPSA) is 72.2 Å². The molecule has 2 rings (SSSR count). The van der Waals surface area contributed by atoms with Crippen molar-refractivity contribution >= 4 is 21.2 Å². The lowest BCUT2D eigenvalue weighted by Gasteiger charge is -2.15. The minimum atomic E-state index is -4.12. The van der Waals surface area contributed by atoms with Crippen molar-refractivity contribution in [2.24, 2.45) is 0 Å². The molecule has 0 bridgehead atoms. The molecule has 0 aliphatic rings. The van der Waals surface area contributed by atoms with Crippen LogP contribution in [0.15, 0.2) is 30.6 Å². The summed E-state index contributed by atoms with van der Waals surface area (Å²) in [5, 5.41) is -0.958. The molecule has 1 N–H and O–H groups in total. The maximum absolute atomic E-state index is 11.4. The van der Waals surface area contributed by atoms with E-state index in [1.807, 2.05) is 19.1 Å². The summed E-state index contributed by atoms with van der Waals surface area (Å²) in [5.74, 6) is 0. The van der Waals surface area contributed by atoms with Crippen LogP contribution in [0.5, 0.6) is 0 Å². The summed E-state index contributed by atoms with van der Waals surface area (Å²) in [5.41, 5.74) is 1.43. The highest BCUT2D eigenvalue weighted by atomic mass is 32.2. The third-order valence-electron chi connectivity index (χ3n) is 2.67. The lowest BCUT2D eigenvalue weighted by molar-refractivity contribution is 0.437. The molecule has 1 unspecified atom stereocenters. The van der Waals surface area contributed by atoms with Crippen molar-refractivity contribution in [3.05, 3.63) is 30.6 Å². The first-order chi connectivity index (χ1) is 8.04. The molecule has 0 saturated heterocycles. The SMILES string of the molecule is CCCC(n1cnc2ccccc21)S(=O)(=O)O. The highest BCUT2D eigenvalue weighted by Gasteiger charge is 2.25. The Morgan fingerprint density at radius 2 is 2.12 bits per heavy atom. The maximum atomic E-state index is 11.4. The summed E-state index contributed by atoms with van der Waals surface area (Å²) in [6.45, 7) is 1.87. The fourth-order valence-corrected chi connectivity index (χ4v) is 2.87. The van der Waals surface area contributed by atoms with E-state index in [-0.39, 0.29) is 0 Å². The smallest absolute Gasteiger partial charge is 0.286 e. The number of nitrogens with zero attached hydrogens (tertiary/aromatic N) is 2. The quantitative estimate of drug-likeness (QED) is 0.849. The van der Waals surface area contributed by atoms with Gasteiger partial charge in [-0.1, -0.05) is 25.5 Å². The Morgan fingerprint density at radius 3 is 2.76 bits per heavy atom. The minimum absolute atomic E-state index is 0.360. The van der Waals surface area contributed by atoms with Crippen molar-refractivity contribution in [3.8, 4) is 0 Å². The molecule has 1 heterocycles. The summed E-state index contributed by atoms with van der Waals surface area (Å²) in [6.07, 6.45) is 2.48. The summed E-state index contributed by atoms with van der Waals surface area (Å²) >= 11 is 0. The van der Waals surface area contributed by atoms with Crippen molar-refractivity contribution in [3.63, 3.8) is 0 Å². The molecule has 0 aliphatic carbocycles. The molecule has 2 aromatic rings. The standard InChI is InChI=1S/C11H14N2O3S/c1-2-5-11(17(14,15)16)13-8-12-9-6-3-4-7-10(9)13/h3-4,6-8,11H,2,5H2,1H3,(H,14,15,16). The average Bonchev–Trinajstić information content (AvgIpc) is 2.68. The maximum Gasteiger partial charge on any atom is 0.286 e. The van der Waals surface area contributed by atoms with Crippen LogP contribution in [0.25, 0.3) is 11.0 Å². The molecular formula is C11H14N2O3S. The Balaban J connectivity index is 2.57. The predicted molar refractivity (Wildman–Crippen MR) is 65.2 cm³/mol. The van der Waals surface area contributed by atoms with Gasteiger partial charge in [-0.2, -0.15) is 8.42 Å². The third kappa shape index (κ3) is 2.32. The molecule has 1 aromatic carbocycles. The van der Waals surface area contributed by atoms with Gasteiger partial charge in [-0.3, -0.25) is 4.55 Å². The number of hydrogen-bond donors (Lipinski definition) is 1. The van der Waals surface area contributed by atoms with Crippen LogP contribution in [0, 0.1) is 0 Å². The minimum Gasteiger partial charge on any atom is -0.310 e. The van der Waals surface area contributed by atoms with Gasteiger partial charge in [-0.05, 0) is 18.6 Å². The van der Waals surface area contributed by atoms with E-state index in [1.54, 1.807) is 12.1 Å². The van der Waals surface area contributed by atoms with Crippen LogP contribution in [0.1, 0.15) is 25.1 Å². The molecule has 0 saturated carbocycles. The van der Waals surface area contributed by atoms with Gasteiger partial charge < -0.3 is 4.57 Å². The molecule has 0 aliphatic heterocycles. The number of para-hydroxylation sites is 2. The van der Waals surface area contributed by atoms with Crippen LogP contribution in [-0.4, -0.2) is 22.5 Å². The van der Waals surface area contributed by atoms with Gasteiger partial charge in [0.1, 0.15) is 0 Å². The van der Waals surface area contributed by atoms with Crippen molar-refractivity contribution < 1.29 is 13.0 Å². The van der Waals surface area contributed by atoms with E-state index in [1.165, 1.54) is 10.9 Å². The fraction of sp³-hybridized carbons (Fsp3) is 0.364. The first kappa shape index (κ1) is 12.1. The van der Waals surface area contributed by atoms with E-state index in [0.29, 0.717) is 18.4 Å². The third-order valence-corrected chi connectivity index (χ3v) is 3.82. The second kappa shape index (κ2) is 4.46. The Labute approximate surface area is 99.8 Å². The van der Waals surface area contributed by atoms with Crippen molar-refractivity contribution in [2.45, 2.75) is 25.1 Å². The number of rotatable bonds is 4. The summed E-state index contributed by atoms with van der Waals surface area (Å²) < 4.78 is 33.5. The highest BCUT2D eigenvalue weighted by molar-refractivity contribution is 7.85. The molecule has 0 fully saturated rings. The van der Waals surface area contributed by atoms with Crippen LogP contribution in [-0.2, 0) is 10.1 Å². The first-order valence-electron chi connectivity index (χ1n) is 5.42. The molecule has 0 spiro atoms. The van der Waals surface area contributed by atoms with E-state index in [2.05, 4.69) is 4.98 Å². The Hall–Kier alpha value is -1.40. The van der Waals surface area contributed by atoms with Gasteiger partial charge in [0.15, 0.2) is 5.37 Å². The largest absolute Gasteiger partial charge is 0.310 e. The van der Waals surface area contributed by atoms with Gasteiger partial charge >= 0.3 is 0 Å². The van der Waals surface area contributed by atoms with E-state index < -0.39 is 15.5 Å². The van der Waals surface area contributed by atoms with Gasteiger partial charge in [0.05, 0.1) is 17.4 Å². The normalized spacial score (nSPS) is 14.0. The highest BCUT2D eigenvalue weighted by Crippen LogP contribution is 2.24. The number of hydrogen-bond acceptors (Lipinski definition) is 3. The molecule has 6 heteroatoms. The molecule has 5 nitrogen and oxygen atoms in total. The number of imidazole rings is 1. The lowest BCUT2D eigenvalue weighted by atomic mass is 10.3. The van der Waals surface area contributed by atoms with Crippen LogP contribution in [0.4, 0.5) is 0 Å². The first-order valence-corrected chi connectivity index (χ1v) is 6.92. The van der Waals surface area contributed by atoms with Gasteiger partial charge in [0, 0.05) is 0 Å². The fourth-order valence-electron chi connectivity index (χ4n) is 1.89. The van der Waals surface area contributed by atoms with E-state index in [4.69, 9.17) is 0 Å². The zero-order valence-corrected chi connectivity index (χ0v) is 10.3. The van der Waals surface area contributed by atoms with Gasteiger partial charge in [-0.15, -0.1) is 0 Å². The van der Waals surface area contributed by atoms with Crippen molar-refractivity contribution in [2.75, 3.05) is 0 Å². The second-order valence-corrected chi connectivity index (χ2v) is 5.47. The average molecular weight is 254 g/mol.